The van der Waals surface area contributed by atoms with Gasteiger partial charge in [-0.25, -0.2) is 14.8 Å². The van der Waals surface area contributed by atoms with Crippen LogP contribution in [0.5, 0.6) is 0 Å². The third-order valence-corrected chi connectivity index (χ3v) is 3.95. The minimum atomic E-state index is -0.997. The van der Waals surface area contributed by atoms with Crippen LogP contribution in [0.15, 0.2) is 30.7 Å². The van der Waals surface area contributed by atoms with Gasteiger partial charge >= 0.3 is 5.97 Å². The van der Waals surface area contributed by atoms with E-state index >= 15 is 0 Å². The van der Waals surface area contributed by atoms with Crippen LogP contribution in [0.25, 0.3) is 11.2 Å². The van der Waals surface area contributed by atoms with Gasteiger partial charge in [-0.15, -0.1) is 0 Å². The standard InChI is InChI=1S/C16H20N6O2/c1-3-20(8-9-21-7-5-6-18-21)16-19-13-10-12(15(23)24)11-17-14(13)22(16)4-2/h5-7,10-11H,3-4,8-9H2,1-2H3,(H,23,24). The Morgan fingerprint density at radius 1 is 1.38 bits per heavy atom. The van der Waals surface area contributed by atoms with E-state index in [-0.39, 0.29) is 5.56 Å². The van der Waals surface area contributed by atoms with Crippen LogP contribution in [0.3, 0.4) is 0 Å². The predicted molar refractivity (Wildman–Crippen MR) is 90.3 cm³/mol. The number of hydrogen-bond donors (Lipinski definition) is 1. The number of hydrogen-bond acceptors (Lipinski definition) is 5. The summed E-state index contributed by atoms with van der Waals surface area (Å²) in [7, 11) is 0. The number of rotatable bonds is 7. The second-order valence-electron chi connectivity index (χ2n) is 5.38. The van der Waals surface area contributed by atoms with Gasteiger partial charge < -0.3 is 10.0 Å². The molecule has 0 atom stereocenters. The molecule has 0 aliphatic heterocycles. The molecule has 0 amide bonds. The highest BCUT2D eigenvalue weighted by atomic mass is 16.4. The topological polar surface area (TPSA) is 89.1 Å². The molecule has 0 saturated carbocycles. The van der Waals surface area contributed by atoms with Gasteiger partial charge in [0.1, 0.15) is 5.52 Å². The molecule has 3 aromatic rings. The van der Waals surface area contributed by atoms with Crippen LogP contribution in [-0.2, 0) is 13.1 Å². The SMILES string of the molecule is CCN(CCn1cccn1)c1nc2cc(C(=O)O)cnc2n1CC. The fraction of sp³-hybridized carbons (Fsp3) is 0.375. The number of imidazole rings is 1. The summed E-state index contributed by atoms with van der Waals surface area (Å²) in [4.78, 5) is 22.2. The van der Waals surface area contributed by atoms with Gasteiger partial charge in [-0.2, -0.15) is 5.10 Å². The van der Waals surface area contributed by atoms with Gasteiger partial charge in [0.25, 0.3) is 0 Å². The maximum absolute atomic E-state index is 11.1. The first kappa shape index (κ1) is 16.0. The zero-order chi connectivity index (χ0) is 17.1. The summed E-state index contributed by atoms with van der Waals surface area (Å²) in [6.07, 6.45) is 5.06. The van der Waals surface area contributed by atoms with Crippen LogP contribution >= 0.6 is 0 Å². The fourth-order valence-corrected chi connectivity index (χ4v) is 2.70. The Kier molecular flexibility index (Phi) is 4.45. The number of carboxylic acids is 1. The zero-order valence-electron chi connectivity index (χ0n) is 13.8. The minimum absolute atomic E-state index is 0.148. The van der Waals surface area contributed by atoms with Crippen molar-refractivity contribution in [3.63, 3.8) is 0 Å². The van der Waals surface area contributed by atoms with Crippen molar-refractivity contribution in [2.45, 2.75) is 26.9 Å². The molecule has 0 aromatic carbocycles. The lowest BCUT2D eigenvalue weighted by molar-refractivity contribution is 0.0696. The molecule has 3 aromatic heterocycles. The molecule has 0 saturated heterocycles. The van der Waals surface area contributed by atoms with Crippen LogP contribution in [0.4, 0.5) is 5.95 Å². The maximum Gasteiger partial charge on any atom is 0.337 e. The van der Waals surface area contributed by atoms with Crippen molar-refractivity contribution in [2.75, 3.05) is 18.0 Å². The highest BCUT2D eigenvalue weighted by Gasteiger charge is 2.17. The average molecular weight is 328 g/mol. The average Bonchev–Trinajstić information content (AvgIpc) is 3.21. The second-order valence-corrected chi connectivity index (χ2v) is 5.38. The highest BCUT2D eigenvalue weighted by Crippen LogP contribution is 2.22. The van der Waals surface area contributed by atoms with E-state index in [1.165, 1.54) is 6.20 Å². The first-order valence-electron chi connectivity index (χ1n) is 7.96. The number of aromatic carboxylic acids is 1. The quantitative estimate of drug-likeness (QED) is 0.712. The molecule has 3 heterocycles. The fourth-order valence-electron chi connectivity index (χ4n) is 2.70. The number of aryl methyl sites for hydroxylation is 1. The van der Waals surface area contributed by atoms with Gasteiger partial charge in [-0.3, -0.25) is 9.25 Å². The number of aromatic nitrogens is 5. The molecular weight excluding hydrogens is 308 g/mol. The highest BCUT2D eigenvalue weighted by molar-refractivity contribution is 5.91. The summed E-state index contributed by atoms with van der Waals surface area (Å²) in [5.74, 6) is -0.194. The van der Waals surface area contributed by atoms with E-state index in [2.05, 4.69) is 26.9 Å². The Morgan fingerprint density at radius 3 is 2.83 bits per heavy atom. The molecule has 8 heteroatoms. The summed E-state index contributed by atoms with van der Waals surface area (Å²) in [6, 6.07) is 3.47. The molecule has 0 aliphatic rings. The molecular formula is C16H20N6O2. The number of pyridine rings is 1. The van der Waals surface area contributed by atoms with E-state index in [1.807, 2.05) is 28.4 Å². The van der Waals surface area contributed by atoms with Crippen molar-refractivity contribution in [1.82, 2.24) is 24.3 Å². The summed E-state index contributed by atoms with van der Waals surface area (Å²) < 4.78 is 3.88. The lowest BCUT2D eigenvalue weighted by Crippen LogP contribution is -2.30. The van der Waals surface area contributed by atoms with E-state index in [0.717, 1.165) is 25.6 Å². The molecule has 0 bridgehead atoms. The van der Waals surface area contributed by atoms with Crippen molar-refractivity contribution in [3.05, 3.63) is 36.3 Å². The maximum atomic E-state index is 11.1. The monoisotopic (exact) mass is 328 g/mol. The molecule has 0 radical (unpaired) electrons. The minimum Gasteiger partial charge on any atom is -0.478 e. The van der Waals surface area contributed by atoms with E-state index in [0.29, 0.717) is 17.7 Å². The molecule has 24 heavy (non-hydrogen) atoms. The number of fused-ring (bicyclic) bond motifs is 1. The molecule has 0 unspecified atom stereocenters. The Balaban J connectivity index is 1.94. The number of likely N-dealkylation sites (N-methyl/N-ethyl adjacent to an activating group) is 1. The molecule has 0 aliphatic carbocycles. The van der Waals surface area contributed by atoms with Crippen LogP contribution in [0, 0.1) is 0 Å². The number of nitrogens with zero attached hydrogens (tertiary/aromatic N) is 6. The Bertz CT molecular complexity index is 840. The number of anilines is 1. The van der Waals surface area contributed by atoms with Gasteiger partial charge in [-0.1, -0.05) is 0 Å². The second kappa shape index (κ2) is 6.69. The number of carboxylic acid groups (broad SMARTS) is 1. The smallest absolute Gasteiger partial charge is 0.337 e. The largest absolute Gasteiger partial charge is 0.478 e. The molecule has 1 N–H and O–H groups in total. The third kappa shape index (κ3) is 2.94. The van der Waals surface area contributed by atoms with Gasteiger partial charge in [0.05, 0.1) is 12.1 Å². The first-order valence-corrected chi connectivity index (χ1v) is 7.96. The van der Waals surface area contributed by atoms with Crippen LogP contribution in [-0.4, -0.2) is 48.5 Å². The van der Waals surface area contributed by atoms with Gasteiger partial charge in [-0.05, 0) is 26.0 Å². The van der Waals surface area contributed by atoms with Crippen LogP contribution in [0.2, 0.25) is 0 Å². The van der Waals surface area contributed by atoms with E-state index in [1.54, 1.807) is 12.3 Å². The van der Waals surface area contributed by atoms with Gasteiger partial charge in [0, 0.05) is 38.2 Å². The van der Waals surface area contributed by atoms with Crippen molar-refractivity contribution in [3.8, 4) is 0 Å². The van der Waals surface area contributed by atoms with Crippen molar-refractivity contribution in [1.29, 1.82) is 0 Å². The molecule has 3 rings (SSSR count). The van der Waals surface area contributed by atoms with Crippen molar-refractivity contribution >= 4 is 23.1 Å². The normalized spacial score (nSPS) is 11.1. The van der Waals surface area contributed by atoms with Crippen molar-refractivity contribution in [2.24, 2.45) is 0 Å². The van der Waals surface area contributed by atoms with Crippen LogP contribution in [0.1, 0.15) is 24.2 Å². The number of carbonyl (C=O) groups is 1. The van der Waals surface area contributed by atoms with Crippen LogP contribution < -0.4 is 4.90 Å². The summed E-state index contributed by atoms with van der Waals surface area (Å²) in [6.45, 7) is 7.10. The molecule has 8 nitrogen and oxygen atoms in total. The summed E-state index contributed by atoms with van der Waals surface area (Å²) in [5.41, 5.74) is 1.45. The lowest BCUT2D eigenvalue weighted by atomic mass is 10.3. The van der Waals surface area contributed by atoms with E-state index < -0.39 is 5.97 Å². The Labute approximate surface area is 139 Å². The third-order valence-electron chi connectivity index (χ3n) is 3.95. The summed E-state index contributed by atoms with van der Waals surface area (Å²) in [5, 5.41) is 13.3. The van der Waals surface area contributed by atoms with Gasteiger partial charge in [0.2, 0.25) is 5.95 Å². The van der Waals surface area contributed by atoms with Gasteiger partial charge in [0.15, 0.2) is 5.65 Å². The van der Waals surface area contributed by atoms with E-state index in [4.69, 9.17) is 5.11 Å². The lowest BCUT2D eigenvalue weighted by Gasteiger charge is -2.22. The zero-order valence-corrected chi connectivity index (χ0v) is 13.8. The molecule has 0 fully saturated rings. The first-order chi connectivity index (χ1) is 11.6. The molecule has 126 valence electrons. The van der Waals surface area contributed by atoms with E-state index in [9.17, 15) is 4.79 Å². The van der Waals surface area contributed by atoms with Crippen molar-refractivity contribution < 1.29 is 9.90 Å². The predicted octanol–water partition coefficient (Wildman–Crippen LogP) is 1.87. The Morgan fingerprint density at radius 2 is 2.21 bits per heavy atom. The molecule has 0 spiro atoms. The summed E-state index contributed by atoms with van der Waals surface area (Å²) >= 11 is 0. The Hall–Kier alpha value is -2.90.